The first kappa shape index (κ1) is 13.3. The number of hydrogen-bond acceptors (Lipinski definition) is 3. The molecule has 0 aliphatic carbocycles. The molecule has 0 radical (unpaired) electrons. The Morgan fingerprint density at radius 3 is 2.78 bits per heavy atom. The molecule has 0 bridgehead atoms. The molecule has 1 N–H and O–H groups in total. The molecule has 2 fully saturated rings. The largest absolute Gasteiger partial charge is 0.379 e. The van der Waals surface area contributed by atoms with Crippen LogP contribution in [0.3, 0.4) is 0 Å². The smallest absolute Gasteiger partial charge is 0.245 e. The number of nitrogens with zero attached hydrogens (tertiary/aromatic N) is 1. The Hall–Kier alpha value is -1.10. The van der Waals surface area contributed by atoms with E-state index < -0.39 is 6.04 Å². The molecule has 2 aliphatic rings. The summed E-state index contributed by atoms with van der Waals surface area (Å²) in [5.74, 6) is 0.167. The highest BCUT2D eigenvalue weighted by Crippen LogP contribution is 2.25. The van der Waals surface area contributed by atoms with E-state index in [9.17, 15) is 9.59 Å². The van der Waals surface area contributed by atoms with Gasteiger partial charge in [-0.2, -0.15) is 0 Å². The zero-order valence-electron chi connectivity index (χ0n) is 11.3. The van der Waals surface area contributed by atoms with Crippen molar-refractivity contribution in [1.29, 1.82) is 0 Å². The third-order valence-corrected chi connectivity index (χ3v) is 4.03. The fraction of sp³-hybridized carbons (Fsp3) is 0.846. The van der Waals surface area contributed by atoms with Crippen LogP contribution in [0.1, 0.15) is 33.6 Å². The highest BCUT2D eigenvalue weighted by molar-refractivity contribution is 5.97. The molecule has 0 aromatic carbocycles. The average molecular weight is 254 g/mol. The number of amides is 2. The maximum atomic E-state index is 12.3. The van der Waals surface area contributed by atoms with E-state index in [-0.39, 0.29) is 29.8 Å². The zero-order chi connectivity index (χ0) is 13.3. The lowest BCUT2D eigenvalue weighted by Gasteiger charge is -2.43. The molecule has 0 aromatic heterocycles. The van der Waals surface area contributed by atoms with Crippen LogP contribution in [0.5, 0.6) is 0 Å². The summed E-state index contributed by atoms with van der Waals surface area (Å²) in [6.07, 6.45) is 1.71. The van der Waals surface area contributed by atoms with Crippen molar-refractivity contribution in [3.05, 3.63) is 0 Å². The lowest BCUT2D eigenvalue weighted by Crippen LogP contribution is -2.66. The summed E-state index contributed by atoms with van der Waals surface area (Å²) in [7, 11) is 0. The summed E-state index contributed by atoms with van der Waals surface area (Å²) >= 11 is 0. The number of carbonyl (C=O) groups excluding carboxylic acids is 2. The Labute approximate surface area is 108 Å². The van der Waals surface area contributed by atoms with Gasteiger partial charge in [-0.1, -0.05) is 20.3 Å². The standard InChI is InChI=1S/C13H22N2O3/c1-4-8(2)11-12(16)14-9(3)13(17)15(11)10-5-6-18-7-10/h8-11H,4-7H2,1-3H3,(H,14,16). The number of carbonyl (C=O) groups is 2. The second kappa shape index (κ2) is 5.26. The minimum Gasteiger partial charge on any atom is -0.379 e. The number of ether oxygens (including phenoxy) is 1. The molecule has 0 aromatic rings. The molecule has 4 unspecified atom stereocenters. The van der Waals surface area contributed by atoms with Crippen molar-refractivity contribution in [2.75, 3.05) is 13.2 Å². The molecule has 0 spiro atoms. The third-order valence-electron chi connectivity index (χ3n) is 4.03. The molecule has 5 nitrogen and oxygen atoms in total. The molecule has 2 amide bonds. The second-order valence-corrected chi connectivity index (χ2v) is 5.32. The number of piperazine rings is 1. The van der Waals surface area contributed by atoms with E-state index in [2.05, 4.69) is 5.32 Å². The fourth-order valence-corrected chi connectivity index (χ4v) is 2.75. The molecular weight excluding hydrogens is 232 g/mol. The lowest BCUT2D eigenvalue weighted by atomic mass is 9.92. The maximum absolute atomic E-state index is 12.3. The van der Waals surface area contributed by atoms with Gasteiger partial charge >= 0.3 is 0 Å². The van der Waals surface area contributed by atoms with Gasteiger partial charge in [0.15, 0.2) is 0 Å². The van der Waals surface area contributed by atoms with E-state index in [0.717, 1.165) is 12.8 Å². The quantitative estimate of drug-likeness (QED) is 0.799. The van der Waals surface area contributed by atoms with Gasteiger partial charge in [-0.25, -0.2) is 0 Å². The first-order valence-corrected chi connectivity index (χ1v) is 6.76. The zero-order valence-corrected chi connectivity index (χ0v) is 11.3. The lowest BCUT2D eigenvalue weighted by molar-refractivity contribution is -0.154. The topological polar surface area (TPSA) is 58.6 Å². The minimum atomic E-state index is -0.418. The van der Waals surface area contributed by atoms with Crippen LogP contribution in [0.25, 0.3) is 0 Å². The van der Waals surface area contributed by atoms with Gasteiger partial charge in [0.2, 0.25) is 11.8 Å². The Morgan fingerprint density at radius 1 is 1.50 bits per heavy atom. The van der Waals surface area contributed by atoms with Crippen molar-refractivity contribution < 1.29 is 14.3 Å². The molecule has 2 aliphatic heterocycles. The fourth-order valence-electron chi connectivity index (χ4n) is 2.75. The Morgan fingerprint density at radius 2 is 2.22 bits per heavy atom. The Kier molecular flexibility index (Phi) is 3.90. The van der Waals surface area contributed by atoms with Gasteiger partial charge < -0.3 is 15.0 Å². The van der Waals surface area contributed by atoms with Crippen LogP contribution >= 0.6 is 0 Å². The summed E-state index contributed by atoms with van der Waals surface area (Å²) in [5, 5.41) is 2.78. The van der Waals surface area contributed by atoms with Crippen molar-refractivity contribution in [3.63, 3.8) is 0 Å². The summed E-state index contributed by atoms with van der Waals surface area (Å²) in [5.41, 5.74) is 0. The molecule has 18 heavy (non-hydrogen) atoms. The van der Waals surface area contributed by atoms with Gasteiger partial charge in [0.05, 0.1) is 12.6 Å². The number of hydrogen-bond donors (Lipinski definition) is 1. The van der Waals surface area contributed by atoms with Crippen LogP contribution in [0, 0.1) is 5.92 Å². The highest BCUT2D eigenvalue weighted by Gasteiger charge is 2.44. The van der Waals surface area contributed by atoms with Gasteiger partial charge in [-0.3, -0.25) is 9.59 Å². The third kappa shape index (κ3) is 2.23. The number of rotatable bonds is 3. The van der Waals surface area contributed by atoms with Crippen LogP contribution in [0.2, 0.25) is 0 Å². The van der Waals surface area contributed by atoms with Crippen molar-refractivity contribution >= 4 is 11.8 Å². The summed E-state index contributed by atoms with van der Waals surface area (Å²) in [6, 6.07) is -0.700. The summed E-state index contributed by atoms with van der Waals surface area (Å²) < 4.78 is 5.37. The summed E-state index contributed by atoms with van der Waals surface area (Å²) in [4.78, 5) is 26.3. The van der Waals surface area contributed by atoms with Crippen LogP contribution in [-0.2, 0) is 14.3 Å². The molecular formula is C13H22N2O3. The first-order chi connectivity index (χ1) is 8.56. The highest BCUT2D eigenvalue weighted by atomic mass is 16.5. The average Bonchev–Trinajstić information content (AvgIpc) is 2.86. The predicted molar refractivity (Wildman–Crippen MR) is 66.9 cm³/mol. The normalized spacial score (nSPS) is 34.6. The predicted octanol–water partition coefficient (Wildman–Crippen LogP) is 0.537. The van der Waals surface area contributed by atoms with E-state index in [1.807, 2.05) is 13.8 Å². The van der Waals surface area contributed by atoms with E-state index in [1.165, 1.54) is 0 Å². The molecule has 4 atom stereocenters. The van der Waals surface area contributed by atoms with Crippen LogP contribution in [0.15, 0.2) is 0 Å². The van der Waals surface area contributed by atoms with Crippen LogP contribution in [-0.4, -0.2) is 48.1 Å². The van der Waals surface area contributed by atoms with Crippen LogP contribution < -0.4 is 5.32 Å². The van der Waals surface area contributed by atoms with Crippen molar-refractivity contribution in [1.82, 2.24) is 10.2 Å². The van der Waals surface area contributed by atoms with E-state index in [1.54, 1.807) is 11.8 Å². The van der Waals surface area contributed by atoms with E-state index in [0.29, 0.717) is 13.2 Å². The number of nitrogens with one attached hydrogen (secondary N) is 1. The molecule has 2 heterocycles. The van der Waals surface area contributed by atoms with Gasteiger partial charge in [0.1, 0.15) is 12.1 Å². The van der Waals surface area contributed by atoms with Crippen molar-refractivity contribution in [3.8, 4) is 0 Å². The Bertz CT molecular complexity index is 339. The molecule has 2 saturated heterocycles. The maximum Gasteiger partial charge on any atom is 0.245 e. The monoisotopic (exact) mass is 254 g/mol. The van der Waals surface area contributed by atoms with Crippen molar-refractivity contribution in [2.45, 2.75) is 51.7 Å². The molecule has 5 heteroatoms. The van der Waals surface area contributed by atoms with Crippen molar-refractivity contribution in [2.24, 2.45) is 5.92 Å². The first-order valence-electron chi connectivity index (χ1n) is 6.76. The molecule has 2 rings (SSSR count). The van der Waals surface area contributed by atoms with E-state index >= 15 is 0 Å². The molecule has 0 saturated carbocycles. The van der Waals surface area contributed by atoms with E-state index in [4.69, 9.17) is 4.74 Å². The van der Waals surface area contributed by atoms with Gasteiger partial charge in [-0.05, 0) is 19.3 Å². The summed E-state index contributed by atoms with van der Waals surface area (Å²) in [6.45, 7) is 7.05. The second-order valence-electron chi connectivity index (χ2n) is 5.32. The molecule has 102 valence electrons. The van der Waals surface area contributed by atoms with Gasteiger partial charge in [0.25, 0.3) is 0 Å². The van der Waals surface area contributed by atoms with Gasteiger partial charge in [-0.15, -0.1) is 0 Å². The SMILES string of the molecule is CCC(C)C1C(=O)NC(C)C(=O)N1C1CCOC1. The van der Waals surface area contributed by atoms with Gasteiger partial charge in [0, 0.05) is 6.61 Å². The van der Waals surface area contributed by atoms with Crippen LogP contribution in [0.4, 0.5) is 0 Å². The minimum absolute atomic E-state index is 0.0235. The Balaban J connectivity index is 2.26.